The van der Waals surface area contributed by atoms with Gasteiger partial charge in [-0.3, -0.25) is 4.79 Å². The normalized spacial score (nSPS) is 9.75. The van der Waals surface area contributed by atoms with Gasteiger partial charge < -0.3 is 14.7 Å². The summed E-state index contributed by atoms with van der Waals surface area (Å²) in [4.78, 5) is 14.0. The van der Waals surface area contributed by atoms with Gasteiger partial charge in [0, 0.05) is 32.2 Å². The minimum Gasteiger partial charge on any atom is -0.395 e. The molecule has 0 unspecified atom stereocenters. The fourth-order valence-corrected chi connectivity index (χ4v) is 1.65. The molecule has 0 aliphatic carbocycles. The first-order chi connectivity index (χ1) is 9.70. The number of hydrogen-bond acceptors (Lipinski definition) is 3. The van der Waals surface area contributed by atoms with Crippen LogP contribution in [0.25, 0.3) is 0 Å². The van der Waals surface area contributed by atoms with E-state index in [1.165, 1.54) is 0 Å². The third-order valence-electron chi connectivity index (χ3n) is 2.74. The van der Waals surface area contributed by atoms with Crippen molar-refractivity contribution in [3.63, 3.8) is 0 Å². The molecule has 4 heteroatoms. The van der Waals surface area contributed by atoms with Gasteiger partial charge in [0.1, 0.15) is 0 Å². The van der Waals surface area contributed by atoms with Crippen LogP contribution in [0, 0.1) is 11.8 Å². The molecular formula is C16H21NO3. The van der Waals surface area contributed by atoms with Gasteiger partial charge in [-0.15, -0.1) is 0 Å². The van der Waals surface area contributed by atoms with Crippen molar-refractivity contribution in [2.45, 2.75) is 13.3 Å². The Bertz CT molecular complexity index is 488. The summed E-state index contributed by atoms with van der Waals surface area (Å²) in [5.41, 5.74) is 1.27. The largest absolute Gasteiger partial charge is 0.395 e. The number of benzene rings is 1. The summed E-state index contributed by atoms with van der Waals surface area (Å²) >= 11 is 0. The topological polar surface area (TPSA) is 49.8 Å². The quantitative estimate of drug-likeness (QED) is 0.633. The molecule has 1 aromatic carbocycles. The zero-order chi connectivity index (χ0) is 14.8. The second-order valence-electron chi connectivity index (χ2n) is 4.24. The van der Waals surface area contributed by atoms with E-state index in [4.69, 9.17) is 9.84 Å². The fourth-order valence-electron chi connectivity index (χ4n) is 1.65. The average molecular weight is 275 g/mol. The zero-order valence-corrected chi connectivity index (χ0v) is 12.1. The number of carbonyl (C=O) groups is 1. The van der Waals surface area contributed by atoms with Crippen molar-refractivity contribution in [3.05, 3.63) is 35.4 Å². The minimum atomic E-state index is -0.0707. The smallest absolute Gasteiger partial charge is 0.254 e. The molecule has 1 rings (SSSR count). The maximum atomic E-state index is 12.3. The molecule has 0 aromatic heterocycles. The van der Waals surface area contributed by atoms with E-state index in [0.29, 0.717) is 37.3 Å². The molecule has 0 saturated carbocycles. The molecule has 4 nitrogen and oxygen atoms in total. The van der Waals surface area contributed by atoms with Gasteiger partial charge in [0.2, 0.25) is 0 Å². The highest BCUT2D eigenvalue weighted by atomic mass is 16.5. The zero-order valence-electron chi connectivity index (χ0n) is 12.1. The predicted molar refractivity (Wildman–Crippen MR) is 78.5 cm³/mol. The van der Waals surface area contributed by atoms with E-state index in [1.807, 2.05) is 25.1 Å². The lowest BCUT2D eigenvalue weighted by atomic mass is 10.1. The standard InChI is InChI=1S/C16H21NO3/c1-3-20-13-11-17(2)16(19)15-10-5-4-8-14(15)9-6-7-12-18/h4-5,8,10,18H,3,7,11-13H2,1-2H3. The third kappa shape index (κ3) is 5.04. The van der Waals surface area contributed by atoms with E-state index in [9.17, 15) is 4.79 Å². The second-order valence-corrected chi connectivity index (χ2v) is 4.24. The van der Waals surface area contributed by atoms with Gasteiger partial charge >= 0.3 is 0 Å². The molecule has 0 atom stereocenters. The van der Waals surface area contributed by atoms with E-state index < -0.39 is 0 Å². The fraction of sp³-hybridized carbons (Fsp3) is 0.438. The van der Waals surface area contributed by atoms with Gasteiger partial charge in [0.05, 0.1) is 18.8 Å². The summed E-state index contributed by atoms with van der Waals surface area (Å²) < 4.78 is 5.25. The lowest BCUT2D eigenvalue weighted by molar-refractivity contribution is 0.0709. The summed E-state index contributed by atoms with van der Waals surface area (Å²) in [6, 6.07) is 7.25. The molecule has 20 heavy (non-hydrogen) atoms. The Morgan fingerprint density at radius 3 is 2.85 bits per heavy atom. The van der Waals surface area contributed by atoms with Crippen LogP contribution in [-0.2, 0) is 4.74 Å². The van der Waals surface area contributed by atoms with Crippen molar-refractivity contribution in [2.24, 2.45) is 0 Å². The lowest BCUT2D eigenvalue weighted by Crippen LogP contribution is -2.30. The van der Waals surface area contributed by atoms with E-state index in [1.54, 1.807) is 18.0 Å². The number of amides is 1. The lowest BCUT2D eigenvalue weighted by Gasteiger charge is -2.17. The average Bonchev–Trinajstić information content (AvgIpc) is 2.47. The summed E-state index contributed by atoms with van der Waals surface area (Å²) in [5, 5.41) is 8.74. The molecule has 0 bridgehead atoms. The summed E-state index contributed by atoms with van der Waals surface area (Å²) in [5.74, 6) is 5.70. The number of aliphatic hydroxyl groups is 1. The predicted octanol–water partition coefficient (Wildman–Crippen LogP) is 1.53. The number of nitrogens with zero attached hydrogens (tertiary/aromatic N) is 1. The maximum absolute atomic E-state index is 12.3. The number of rotatable bonds is 6. The van der Waals surface area contributed by atoms with Crippen LogP contribution in [0.15, 0.2) is 24.3 Å². The van der Waals surface area contributed by atoms with E-state index >= 15 is 0 Å². The molecular weight excluding hydrogens is 254 g/mol. The number of hydrogen-bond donors (Lipinski definition) is 1. The van der Waals surface area contributed by atoms with Crippen molar-refractivity contribution < 1.29 is 14.6 Å². The van der Waals surface area contributed by atoms with Gasteiger partial charge in [-0.2, -0.15) is 0 Å². The Morgan fingerprint density at radius 1 is 1.40 bits per heavy atom. The van der Waals surface area contributed by atoms with E-state index in [0.717, 1.165) is 0 Å². The van der Waals surface area contributed by atoms with Crippen LogP contribution in [-0.4, -0.2) is 49.3 Å². The number of likely N-dealkylation sites (N-methyl/N-ethyl adjacent to an activating group) is 1. The van der Waals surface area contributed by atoms with Crippen molar-refractivity contribution in [1.82, 2.24) is 4.90 Å². The Morgan fingerprint density at radius 2 is 2.15 bits per heavy atom. The highest BCUT2D eigenvalue weighted by Gasteiger charge is 2.14. The SMILES string of the molecule is CCOCCN(C)C(=O)c1ccccc1C#CCCO. The Hall–Kier alpha value is -1.83. The highest BCUT2D eigenvalue weighted by Crippen LogP contribution is 2.10. The van der Waals surface area contributed by atoms with Crippen LogP contribution in [0.5, 0.6) is 0 Å². The molecule has 108 valence electrons. The van der Waals surface area contributed by atoms with Crippen LogP contribution in [0.2, 0.25) is 0 Å². The van der Waals surface area contributed by atoms with Crippen LogP contribution >= 0.6 is 0 Å². The van der Waals surface area contributed by atoms with Gasteiger partial charge in [0.25, 0.3) is 5.91 Å². The number of carbonyl (C=O) groups excluding carboxylic acids is 1. The Balaban J connectivity index is 2.79. The summed E-state index contributed by atoms with van der Waals surface area (Å²) in [6.45, 7) is 3.67. The second kappa shape index (κ2) is 9.13. The summed E-state index contributed by atoms with van der Waals surface area (Å²) in [6.07, 6.45) is 0.405. The van der Waals surface area contributed by atoms with E-state index in [2.05, 4.69) is 11.8 Å². The maximum Gasteiger partial charge on any atom is 0.254 e. The molecule has 0 fully saturated rings. The van der Waals surface area contributed by atoms with Crippen LogP contribution in [0.3, 0.4) is 0 Å². The van der Waals surface area contributed by atoms with Crippen LogP contribution < -0.4 is 0 Å². The first-order valence-electron chi connectivity index (χ1n) is 6.72. The summed E-state index contributed by atoms with van der Waals surface area (Å²) in [7, 11) is 1.75. The van der Waals surface area contributed by atoms with Crippen molar-refractivity contribution in [1.29, 1.82) is 0 Å². The number of ether oxygens (including phenoxy) is 1. The molecule has 1 aromatic rings. The molecule has 1 amide bonds. The first-order valence-corrected chi connectivity index (χ1v) is 6.72. The molecule has 0 saturated heterocycles. The van der Waals surface area contributed by atoms with Crippen LogP contribution in [0.4, 0.5) is 0 Å². The first kappa shape index (κ1) is 16.2. The van der Waals surface area contributed by atoms with Gasteiger partial charge in [-0.25, -0.2) is 0 Å². The molecule has 0 radical (unpaired) electrons. The molecule has 1 N–H and O–H groups in total. The molecule has 0 aliphatic rings. The molecule has 0 heterocycles. The van der Waals surface area contributed by atoms with Gasteiger partial charge in [0.15, 0.2) is 0 Å². The highest BCUT2D eigenvalue weighted by molar-refractivity contribution is 5.96. The number of aliphatic hydroxyl groups excluding tert-OH is 1. The van der Waals surface area contributed by atoms with Crippen molar-refractivity contribution >= 4 is 5.91 Å². The molecule has 0 aliphatic heterocycles. The van der Waals surface area contributed by atoms with E-state index in [-0.39, 0.29) is 12.5 Å². The third-order valence-corrected chi connectivity index (χ3v) is 2.74. The van der Waals surface area contributed by atoms with Gasteiger partial charge in [-0.05, 0) is 19.1 Å². The van der Waals surface area contributed by atoms with Crippen molar-refractivity contribution in [2.75, 3.05) is 33.4 Å². The monoisotopic (exact) mass is 275 g/mol. The molecule has 0 spiro atoms. The Labute approximate surface area is 120 Å². The van der Waals surface area contributed by atoms with Gasteiger partial charge in [-0.1, -0.05) is 24.0 Å². The van der Waals surface area contributed by atoms with Crippen LogP contribution in [0.1, 0.15) is 29.3 Å². The van der Waals surface area contributed by atoms with Crippen molar-refractivity contribution in [3.8, 4) is 11.8 Å². The minimum absolute atomic E-state index is 0.0252. The Kier molecular flexibility index (Phi) is 7.41.